The minimum atomic E-state index is 0.222. The fraction of sp³-hybridized carbons (Fsp3) is 0.273. The molecule has 0 aliphatic carbocycles. The molecule has 0 bridgehead atoms. The van der Waals surface area contributed by atoms with Crippen LogP contribution in [0.5, 0.6) is 46.0 Å². The van der Waals surface area contributed by atoms with Crippen LogP contribution in [-0.4, -0.2) is 35.2 Å². The summed E-state index contributed by atoms with van der Waals surface area (Å²) in [6, 6.07) is 24.2. The van der Waals surface area contributed by atoms with Crippen molar-refractivity contribution >= 4 is 0 Å². The van der Waals surface area contributed by atoms with Crippen LogP contribution in [-0.2, 0) is 25.7 Å². The summed E-state index contributed by atoms with van der Waals surface area (Å²) in [6.07, 6.45) is 3.36. The molecular formula is C33H34O7. The van der Waals surface area contributed by atoms with Crippen molar-refractivity contribution in [2.45, 2.75) is 25.7 Å². The lowest BCUT2D eigenvalue weighted by molar-refractivity contribution is 0.171. The van der Waals surface area contributed by atoms with Gasteiger partial charge in [0.05, 0.1) is 28.4 Å². The van der Waals surface area contributed by atoms with Gasteiger partial charge in [-0.25, -0.2) is 0 Å². The summed E-state index contributed by atoms with van der Waals surface area (Å²) >= 11 is 0. The molecule has 40 heavy (non-hydrogen) atoms. The SMILES string of the molecule is COc1ccc(CCc2cc(Oc3ccc(CCc4cc(OC)c5c(c4)OCO5)cc3)c(OC)cc2OC)cc1. The molecule has 1 heterocycles. The molecule has 0 aromatic heterocycles. The Balaban J connectivity index is 1.26. The minimum Gasteiger partial charge on any atom is -0.497 e. The third kappa shape index (κ3) is 6.20. The number of fused-ring (bicyclic) bond motifs is 1. The van der Waals surface area contributed by atoms with E-state index in [1.165, 1.54) is 11.1 Å². The predicted molar refractivity (Wildman–Crippen MR) is 153 cm³/mol. The third-order valence-corrected chi connectivity index (χ3v) is 6.98. The van der Waals surface area contributed by atoms with Gasteiger partial charge in [0.15, 0.2) is 23.0 Å². The molecule has 1 aliphatic heterocycles. The molecule has 0 saturated carbocycles. The first kappa shape index (κ1) is 27.1. The average molecular weight is 543 g/mol. The maximum atomic E-state index is 6.28. The molecule has 0 saturated heterocycles. The lowest BCUT2D eigenvalue weighted by Crippen LogP contribution is -1.99. The Hall–Kier alpha value is -4.52. The molecule has 0 N–H and O–H groups in total. The maximum Gasteiger partial charge on any atom is 0.231 e. The quantitative estimate of drug-likeness (QED) is 0.195. The molecule has 0 spiro atoms. The van der Waals surface area contributed by atoms with Crippen LogP contribution in [0.25, 0.3) is 0 Å². The lowest BCUT2D eigenvalue weighted by atomic mass is 10.0. The van der Waals surface area contributed by atoms with Crippen LogP contribution < -0.4 is 33.2 Å². The highest BCUT2D eigenvalue weighted by atomic mass is 16.7. The van der Waals surface area contributed by atoms with Gasteiger partial charge in [0.25, 0.3) is 0 Å². The summed E-state index contributed by atoms with van der Waals surface area (Å²) in [5.41, 5.74) is 4.60. The second kappa shape index (κ2) is 12.6. The molecule has 0 unspecified atom stereocenters. The van der Waals surface area contributed by atoms with Gasteiger partial charge in [0, 0.05) is 6.07 Å². The highest BCUT2D eigenvalue weighted by Gasteiger charge is 2.20. The number of hydrogen-bond acceptors (Lipinski definition) is 7. The van der Waals surface area contributed by atoms with Gasteiger partial charge in [0.1, 0.15) is 17.2 Å². The standard InChI is InChI=1S/C33H34O7/c1-34-26-13-8-23(9-14-26)7-12-25-19-30(29(36-3)20-28(25)35-2)40-27-15-10-22(11-16-27)5-6-24-17-31(37-4)33-32(18-24)38-21-39-33/h8-11,13-20H,5-7,12,21H2,1-4H3. The highest BCUT2D eigenvalue weighted by Crippen LogP contribution is 2.42. The van der Waals surface area contributed by atoms with E-state index < -0.39 is 0 Å². The van der Waals surface area contributed by atoms with Crippen LogP contribution in [0.4, 0.5) is 0 Å². The van der Waals surface area contributed by atoms with E-state index in [9.17, 15) is 0 Å². The van der Waals surface area contributed by atoms with Gasteiger partial charge in [-0.05, 0) is 90.4 Å². The highest BCUT2D eigenvalue weighted by molar-refractivity contribution is 5.55. The van der Waals surface area contributed by atoms with Gasteiger partial charge >= 0.3 is 0 Å². The maximum absolute atomic E-state index is 6.28. The number of rotatable bonds is 12. The zero-order valence-electron chi connectivity index (χ0n) is 23.3. The van der Waals surface area contributed by atoms with Crippen molar-refractivity contribution in [1.82, 2.24) is 0 Å². The average Bonchev–Trinajstić information content (AvgIpc) is 3.48. The summed E-state index contributed by atoms with van der Waals surface area (Å²) in [7, 11) is 6.62. The van der Waals surface area contributed by atoms with Crippen molar-refractivity contribution in [3.05, 3.63) is 95.1 Å². The van der Waals surface area contributed by atoms with Crippen molar-refractivity contribution in [3.63, 3.8) is 0 Å². The topological polar surface area (TPSA) is 64.6 Å². The van der Waals surface area contributed by atoms with Crippen LogP contribution in [0.1, 0.15) is 22.3 Å². The normalized spacial score (nSPS) is 11.7. The summed E-state index contributed by atoms with van der Waals surface area (Å²) in [6.45, 7) is 0.222. The molecule has 0 radical (unpaired) electrons. The number of methoxy groups -OCH3 is 4. The molecule has 208 valence electrons. The van der Waals surface area contributed by atoms with Gasteiger partial charge < -0.3 is 33.2 Å². The van der Waals surface area contributed by atoms with Gasteiger partial charge in [-0.2, -0.15) is 0 Å². The third-order valence-electron chi connectivity index (χ3n) is 6.98. The largest absolute Gasteiger partial charge is 0.497 e. The monoisotopic (exact) mass is 542 g/mol. The molecule has 7 heteroatoms. The first-order valence-electron chi connectivity index (χ1n) is 13.2. The smallest absolute Gasteiger partial charge is 0.231 e. The molecule has 0 amide bonds. The summed E-state index contributed by atoms with van der Waals surface area (Å²) in [5, 5.41) is 0. The van der Waals surface area contributed by atoms with Crippen molar-refractivity contribution < 1.29 is 33.2 Å². The molecule has 7 nitrogen and oxygen atoms in total. The second-order valence-corrected chi connectivity index (χ2v) is 9.44. The first-order valence-corrected chi connectivity index (χ1v) is 13.2. The predicted octanol–water partition coefficient (Wildman–Crippen LogP) is 6.81. The van der Waals surface area contributed by atoms with Gasteiger partial charge in [-0.3, -0.25) is 0 Å². The molecule has 5 rings (SSSR count). The number of benzene rings is 4. The van der Waals surface area contributed by atoms with Crippen molar-refractivity contribution in [3.8, 4) is 46.0 Å². The Morgan fingerprint density at radius 3 is 1.80 bits per heavy atom. The fourth-order valence-electron chi connectivity index (χ4n) is 4.75. The summed E-state index contributed by atoms with van der Waals surface area (Å²) in [4.78, 5) is 0. The number of aryl methyl sites for hydroxylation is 4. The van der Waals surface area contributed by atoms with E-state index in [-0.39, 0.29) is 6.79 Å². The molecular weight excluding hydrogens is 508 g/mol. The van der Waals surface area contributed by atoms with E-state index in [1.807, 2.05) is 48.5 Å². The van der Waals surface area contributed by atoms with E-state index in [0.29, 0.717) is 23.0 Å². The van der Waals surface area contributed by atoms with Gasteiger partial charge in [-0.1, -0.05) is 24.3 Å². The van der Waals surface area contributed by atoms with Crippen LogP contribution >= 0.6 is 0 Å². The Labute approximate surface area is 235 Å². The van der Waals surface area contributed by atoms with E-state index >= 15 is 0 Å². The molecule has 0 atom stereocenters. The second-order valence-electron chi connectivity index (χ2n) is 9.44. The summed E-state index contributed by atoms with van der Waals surface area (Å²) < 4.78 is 39.3. The van der Waals surface area contributed by atoms with Crippen LogP contribution in [0.15, 0.2) is 72.8 Å². The Kier molecular flexibility index (Phi) is 8.50. The van der Waals surface area contributed by atoms with Crippen molar-refractivity contribution in [1.29, 1.82) is 0 Å². The minimum absolute atomic E-state index is 0.222. The fourth-order valence-corrected chi connectivity index (χ4v) is 4.75. The van der Waals surface area contributed by atoms with Crippen LogP contribution in [0.3, 0.4) is 0 Å². The Morgan fingerprint density at radius 2 is 1.15 bits per heavy atom. The lowest BCUT2D eigenvalue weighted by Gasteiger charge is -2.16. The van der Waals surface area contributed by atoms with E-state index in [4.69, 9.17) is 33.2 Å². The zero-order chi connectivity index (χ0) is 27.9. The zero-order valence-corrected chi connectivity index (χ0v) is 23.3. The first-order chi connectivity index (χ1) is 19.6. The number of hydrogen-bond donors (Lipinski definition) is 0. The summed E-state index contributed by atoms with van der Waals surface area (Å²) in [5.74, 6) is 5.72. The van der Waals surface area contributed by atoms with Crippen LogP contribution in [0, 0.1) is 0 Å². The van der Waals surface area contributed by atoms with E-state index in [1.54, 1.807) is 28.4 Å². The molecule has 4 aromatic carbocycles. The number of ether oxygens (including phenoxy) is 7. The van der Waals surface area contributed by atoms with Crippen molar-refractivity contribution in [2.75, 3.05) is 35.2 Å². The van der Waals surface area contributed by atoms with Gasteiger partial charge in [0.2, 0.25) is 12.5 Å². The molecule has 1 aliphatic rings. The van der Waals surface area contributed by atoms with Gasteiger partial charge in [-0.15, -0.1) is 0 Å². The van der Waals surface area contributed by atoms with Crippen molar-refractivity contribution in [2.24, 2.45) is 0 Å². The van der Waals surface area contributed by atoms with Crippen LogP contribution in [0.2, 0.25) is 0 Å². The van der Waals surface area contributed by atoms with E-state index in [2.05, 4.69) is 24.3 Å². The van der Waals surface area contributed by atoms with E-state index in [0.717, 1.165) is 59.8 Å². The Morgan fingerprint density at radius 1 is 0.525 bits per heavy atom. The Bertz CT molecular complexity index is 1430. The molecule has 0 fully saturated rings. The molecule has 4 aromatic rings.